The van der Waals surface area contributed by atoms with Gasteiger partial charge in [0.15, 0.2) is 17.3 Å². The highest BCUT2D eigenvalue weighted by Crippen LogP contribution is 2.20. The van der Waals surface area contributed by atoms with E-state index in [1.54, 1.807) is 17.5 Å². The molecule has 2 aromatic heterocycles. The van der Waals surface area contributed by atoms with E-state index < -0.39 is 0 Å². The molecule has 0 unspecified atom stereocenters. The number of hydrogen-bond acceptors (Lipinski definition) is 3. The molecule has 0 radical (unpaired) electrons. The molecule has 0 aromatic carbocycles. The van der Waals surface area contributed by atoms with Crippen LogP contribution in [0.5, 0.6) is 0 Å². The van der Waals surface area contributed by atoms with Gasteiger partial charge in [-0.15, -0.1) is 0 Å². The van der Waals surface area contributed by atoms with Gasteiger partial charge in [0.25, 0.3) is 0 Å². The Morgan fingerprint density at radius 3 is 2.62 bits per heavy atom. The summed E-state index contributed by atoms with van der Waals surface area (Å²) in [7, 11) is 0. The lowest BCUT2D eigenvalue weighted by Gasteiger charge is -2.11. The lowest BCUT2D eigenvalue weighted by Crippen LogP contribution is -2.13. The SMILES string of the molecule is CC(=O)c1cccn2nc(C(C)(C)C)nc12. The van der Waals surface area contributed by atoms with E-state index in [1.807, 2.05) is 12.3 Å². The van der Waals surface area contributed by atoms with Gasteiger partial charge in [-0.05, 0) is 19.1 Å². The van der Waals surface area contributed by atoms with Crippen molar-refractivity contribution in [2.24, 2.45) is 0 Å². The first-order valence-electron chi connectivity index (χ1n) is 5.26. The molecule has 0 amide bonds. The highest BCUT2D eigenvalue weighted by Gasteiger charge is 2.21. The van der Waals surface area contributed by atoms with Crippen molar-refractivity contribution in [1.29, 1.82) is 0 Å². The number of carbonyl (C=O) groups is 1. The second kappa shape index (κ2) is 3.40. The third-order valence-electron chi connectivity index (χ3n) is 2.41. The Balaban J connectivity index is 2.71. The fraction of sp³-hybridized carbons (Fsp3) is 0.417. The normalized spacial score (nSPS) is 12.0. The molecule has 0 N–H and O–H groups in total. The highest BCUT2D eigenvalue weighted by atomic mass is 16.1. The molecule has 4 heteroatoms. The summed E-state index contributed by atoms with van der Waals surface area (Å²) >= 11 is 0. The van der Waals surface area contributed by atoms with Crippen LogP contribution in [0.3, 0.4) is 0 Å². The maximum absolute atomic E-state index is 11.4. The zero-order chi connectivity index (χ0) is 11.9. The molecule has 4 nitrogen and oxygen atoms in total. The second-order valence-electron chi connectivity index (χ2n) is 4.93. The van der Waals surface area contributed by atoms with Crippen molar-refractivity contribution < 1.29 is 4.79 Å². The Kier molecular flexibility index (Phi) is 2.30. The molecular formula is C12H15N3O. The monoisotopic (exact) mass is 217 g/mol. The predicted molar refractivity (Wildman–Crippen MR) is 61.7 cm³/mol. The molecule has 2 rings (SSSR count). The fourth-order valence-corrected chi connectivity index (χ4v) is 1.50. The summed E-state index contributed by atoms with van der Waals surface area (Å²) < 4.78 is 1.66. The summed E-state index contributed by atoms with van der Waals surface area (Å²) in [5.74, 6) is 0.764. The van der Waals surface area contributed by atoms with E-state index in [4.69, 9.17) is 0 Å². The Bertz CT molecular complexity index is 549. The minimum absolute atomic E-state index is 0.0125. The van der Waals surface area contributed by atoms with E-state index in [0.29, 0.717) is 11.2 Å². The number of rotatable bonds is 1. The van der Waals surface area contributed by atoms with E-state index in [1.165, 1.54) is 0 Å². The number of pyridine rings is 1. The maximum Gasteiger partial charge on any atom is 0.166 e. The predicted octanol–water partition coefficient (Wildman–Crippen LogP) is 2.23. The van der Waals surface area contributed by atoms with Crippen LogP contribution in [-0.4, -0.2) is 20.4 Å². The van der Waals surface area contributed by atoms with Crippen LogP contribution < -0.4 is 0 Å². The van der Waals surface area contributed by atoms with Crippen molar-refractivity contribution >= 4 is 11.4 Å². The Morgan fingerprint density at radius 2 is 2.06 bits per heavy atom. The number of ketones is 1. The van der Waals surface area contributed by atoms with Gasteiger partial charge in [0.2, 0.25) is 0 Å². The molecule has 0 saturated carbocycles. The summed E-state index contributed by atoms with van der Waals surface area (Å²) in [6.45, 7) is 7.69. The van der Waals surface area contributed by atoms with E-state index in [9.17, 15) is 4.79 Å². The zero-order valence-electron chi connectivity index (χ0n) is 9.98. The third-order valence-corrected chi connectivity index (χ3v) is 2.41. The van der Waals surface area contributed by atoms with Crippen molar-refractivity contribution in [1.82, 2.24) is 14.6 Å². The van der Waals surface area contributed by atoms with E-state index in [2.05, 4.69) is 30.9 Å². The first-order valence-corrected chi connectivity index (χ1v) is 5.26. The van der Waals surface area contributed by atoms with Gasteiger partial charge in [-0.25, -0.2) is 9.50 Å². The molecule has 0 bridgehead atoms. The first kappa shape index (κ1) is 10.8. The fourth-order valence-electron chi connectivity index (χ4n) is 1.50. The van der Waals surface area contributed by atoms with Crippen LogP contribution in [0, 0.1) is 0 Å². The van der Waals surface area contributed by atoms with Gasteiger partial charge < -0.3 is 0 Å². The molecular weight excluding hydrogens is 202 g/mol. The Hall–Kier alpha value is -1.71. The van der Waals surface area contributed by atoms with Crippen LogP contribution in [0.15, 0.2) is 18.3 Å². The number of Topliss-reactive ketones (excluding diaryl/α,β-unsaturated/α-hetero) is 1. The lowest BCUT2D eigenvalue weighted by atomic mass is 9.96. The molecule has 2 heterocycles. The third kappa shape index (κ3) is 1.71. The summed E-state index contributed by atoms with van der Waals surface area (Å²) in [6.07, 6.45) is 1.81. The summed E-state index contributed by atoms with van der Waals surface area (Å²) in [5, 5.41) is 4.38. The molecule has 2 aromatic rings. The van der Waals surface area contributed by atoms with Gasteiger partial charge >= 0.3 is 0 Å². The van der Waals surface area contributed by atoms with Crippen LogP contribution in [0.2, 0.25) is 0 Å². The molecule has 0 fully saturated rings. The minimum Gasteiger partial charge on any atom is -0.294 e. The first-order chi connectivity index (χ1) is 7.39. The lowest BCUT2D eigenvalue weighted by molar-refractivity contribution is 0.101. The van der Waals surface area contributed by atoms with Crippen LogP contribution in [0.4, 0.5) is 0 Å². The van der Waals surface area contributed by atoms with Crippen molar-refractivity contribution in [2.45, 2.75) is 33.1 Å². The van der Waals surface area contributed by atoms with Gasteiger partial charge in [0, 0.05) is 11.6 Å². The quantitative estimate of drug-likeness (QED) is 0.688. The summed E-state index contributed by atoms with van der Waals surface area (Å²) in [6, 6.07) is 3.59. The molecule has 0 atom stereocenters. The zero-order valence-corrected chi connectivity index (χ0v) is 9.98. The van der Waals surface area contributed by atoms with Gasteiger partial charge in [0.1, 0.15) is 0 Å². The molecule has 16 heavy (non-hydrogen) atoms. The van der Waals surface area contributed by atoms with E-state index in [0.717, 1.165) is 5.82 Å². The van der Waals surface area contributed by atoms with Crippen LogP contribution >= 0.6 is 0 Å². The van der Waals surface area contributed by atoms with E-state index in [-0.39, 0.29) is 11.2 Å². The Morgan fingerprint density at radius 1 is 1.38 bits per heavy atom. The average molecular weight is 217 g/mol. The van der Waals surface area contributed by atoms with Crippen LogP contribution in [0.25, 0.3) is 5.65 Å². The number of nitrogens with zero attached hydrogens (tertiary/aromatic N) is 3. The van der Waals surface area contributed by atoms with Gasteiger partial charge in [-0.3, -0.25) is 4.79 Å². The highest BCUT2D eigenvalue weighted by molar-refractivity contribution is 5.99. The molecule has 0 saturated heterocycles. The molecule has 0 aliphatic carbocycles. The number of fused-ring (bicyclic) bond motifs is 1. The summed E-state index contributed by atoms with van der Waals surface area (Å²) in [4.78, 5) is 15.9. The Labute approximate surface area is 94.3 Å². The standard InChI is InChI=1S/C12H15N3O/c1-8(16)9-6-5-7-15-10(9)13-11(14-15)12(2,3)4/h5-7H,1-4H3. The van der Waals surface area contributed by atoms with Gasteiger partial charge in [-0.2, -0.15) is 5.10 Å². The average Bonchev–Trinajstić information content (AvgIpc) is 2.59. The minimum atomic E-state index is -0.111. The topological polar surface area (TPSA) is 47.3 Å². The van der Waals surface area contributed by atoms with Crippen LogP contribution in [-0.2, 0) is 5.41 Å². The van der Waals surface area contributed by atoms with Crippen molar-refractivity contribution in [3.8, 4) is 0 Å². The largest absolute Gasteiger partial charge is 0.294 e. The van der Waals surface area contributed by atoms with Gasteiger partial charge in [0.05, 0.1) is 5.56 Å². The van der Waals surface area contributed by atoms with Gasteiger partial charge in [-0.1, -0.05) is 20.8 Å². The smallest absolute Gasteiger partial charge is 0.166 e. The molecule has 0 aliphatic heterocycles. The molecule has 0 aliphatic rings. The van der Waals surface area contributed by atoms with Crippen molar-refractivity contribution in [2.75, 3.05) is 0 Å². The van der Waals surface area contributed by atoms with E-state index >= 15 is 0 Å². The molecule has 84 valence electrons. The molecule has 0 spiro atoms. The number of aromatic nitrogens is 3. The number of hydrogen-bond donors (Lipinski definition) is 0. The van der Waals surface area contributed by atoms with Crippen molar-refractivity contribution in [3.05, 3.63) is 29.7 Å². The van der Waals surface area contributed by atoms with Crippen molar-refractivity contribution in [3.63, 3.8) is 0 Å². The van der Waals surface area contributed by atoms with Crippen LogP contribution in [0.1, 0.15) is 43.9 Å². The number of carbonyl (C=O) groups excluding carboxylic acids is 1. The second-order valence-corrected chi connectivity index (χ2v) is 4.93. The summed E-state index contributed by atoms with van der Waals surface area (Å²) in [5.41, 5.74) is 1.14. The maximum atomic E-state index is 11.4.